The quantitative estimate of drug-likeness (QED) is 0.828. The Balaban J connectivity index is 2.32. The fraction of sp³-hybridized carbons (Fsp3) is 0.250. The van der Waals surface area contributed by atoms with Crippen LogP contribution in [0.5, 0.6) is 5.75 Å². The molecule has 0 unspecified atom stereocenters. The van der Waals surface area contributed by atoms with Crippen LogP contribution in [-0.2, 0) is 5.41 Å². The average molecular weight is 254 g/mol. The van der Waals surface area contributed by atoms with E-state index in [9.17, 15) is 5.11 Å². The summed E-state index contributed by atoms with van der Waals surface area (Å²) in [6, 6.07) is 11.2. The van der Waals surface area contributed by atoms with E-state index in [2.05, 4.69) is 30.7 Å². The highest BCUT2D eigenvalue weighted by Crippen LogP contribution is 2.32. The number of phenolic OH excluding ortho intramolecular Hbond substituents is 1. The molecule has 1 aromatic heterocycles. The Morgan fingerprint density at radius 1 is 1.16 bits per heavy atom. The normalized spacial score (nSPS) is 11.9. The second-order valence-electron chi connectivity index (χ2n) is 5.47. The van der Waals surface area contributed by atoms with Crippen LogP contribution >= 0.6 is 0 Å². The number of aromatic nitrogens is 1. The molecule has 0 amide bonds. The van der Waals surface area contributed by atoms with Gasteiger partial charge >= 0.3 is 0 Å². The molecular formula is C16H18N2O. The lowest BCUT2D eigenvalue weighted by atomic mass is 9.87. The smallest absolute Gasteiger partial charge is 0.141 e. The molecule has 0 aliphatic rings. The Hall–Kier alpha value is -2.16. The number of nitrogens with zero attached hydrogens (tertiary/aromatic N) is 2. The van der Waals surface area contributed by atoms with Crippen molar-refractivity contribution in [2.24, 2.45) is 4.99 Å². The van der Waals surface area contributed by atoms with Crippen molar-refractivity contribution in [1.29, 1.82) is 0 Å². The molecule has 0 spiro atoms. The third-order valence-corrected chi connectivity index (χ3v) is 2.87. The van der Waals surface area contributed by atoms with Gasteiger partial charge in [0.1, 0.15) is 11.4 Å². The fourth-order valence-corrected chi connectivity index (χ4v) is 1.68. The first-order valence-corrected chi connectivity index (χ1v) is 6.25. The van der Waals surface area contributed by atoms with Gasteiger partial charge in [-0.25, -0.2) is 0 Å². The summed E-state index contributed by atoms with van der Waals surface area (Å²) in [5.74, 6) is 0.181. The third kappa shape index (κ3) is 3.41. The molecule has 2 aromatic rings. The van der Waals surface area contributed by atoms with Gasteiger partial charge < -0.3 is 5.11 Å². The highest BCUT2D eigenvalue weighted by molar-refractivity contribution is 5.80. The number of hydrogen-bond acceptors (Lipinski definition) is 3. The Morgan fingerprint density at radius 3 is 2.58 bits per heavy atom. The SMILES string of the molecule is CC(C)(C)c1ccc(O)c(/N=C/c2ccccn2)c1. The Bertz CT molecular complexity index is 583. The molecule has 98 valence electrons. The summed E-state index contributed by atoms with van der Waals surface area (Å²) in [7, 11) is 0. The first-order chi connectivity index (χ1) is 8.97. The lowest BCUT2D eigenvalue weighted by molar-refractivity contribution is 0.475. The number of benzene rings is 1. The van der Waals surface area contributed by atoms with Gasteiger partial charge in [0, 0.05) is 6.20 Å². The van der Waals surface area contributed by atoms with Gasteiger partial charge in [-0.05, 0) is 35.2 Å². The van der Waals surface area contributed by atoms with Crippen molar-refractivity contribution < 1.29 is 5.11 Å². The highest BCUT2D eigenvalue weighted by atomic mass is 16.3. The lowest BCUT2D eigenvalue weighted by Gasteiger charge is -2.19. The van der Waals surface area contributed by atoms with E-state index in [0.717, 1.165) is 11.3 Å². The van der Waals surface area contributed by atoms with Gasteiger partial charge in [0.15, 0.2) is 0 Å². The van der Waals surface area contributed by atoms with Crippen molar-refractivity contribution in [2.75, 3.05) is 0 Å². The summed E-state index contributed by atoms with van der Waals surface area (Å²) >= 11 is 0. The number of pyridine rings is 1. The molecule has 0 aliphatic heterocycles. The summed E-state index contributed by atoms with van der Waals surface area (Å²) < 4.78 is 0. The average Bonchev–Trinajstić information content (AvgIpc) is 2.37. The maximum Gasteiger partial charge on any atom is 0.141 e. The summed E-state index contributed by atoms with van der Waals surface area (Å²) in [4.78, 5) is 8.48. The predicted molar refractivity (Wildman–Crippen MR) is 78.3 cm³/mol. The highest BCUT2D eigenvalue weighted by Gasteiger charge is 2.15. The van der Waals surface area contributed by atoms with E-state index >= 15 is 0 Å². The van der Waals surface area contributed by atoms with Crippen LogP contribution in [0.25, 0.3) is 0 Å². The monoisotopic (exact) mass is 254 g/mol. The van der Waals surface area contributed by atoms with E-state index in [1.54, 1.807) is 18.5 Å². The van der Waals surface area contributed by atoms with Crippen molar-refractivity contribution in [3.63, 3.8) is 0 Å². The first-order valence-electron chi connectivity index (χ1n) is 6.25. The molecule has 0 radical (unpaired) electrons. The molecule has 0 saturated heterocycles. The fourth-order valence-electron chi connectivity index (χ4n) is 1.68. The molecule has 1 aromatic carbocycles. The van der Waals surface area contributed by atoms with Crippen molar-refractivity contribution in [2.45, 2.75) is 26.2 Å². The molecule has 3 heteroatoms. The van der Waals surface area contributed by atoms with Crippen molar-refractivity contribution in [3.8, 4) is 5.75 Å². The minimum Gasteiger partial charge on any atom is -0.506 e. The van der Waals surface area contributed by atoms with Crippen molar-refractivity contribution in [1.82, 2.24) is 4.98 Å². The maximum atomic E-state index is 9.84. The second-order valence-corrected chi connectivity index (χ2v) is 5.47. The van der Waals surface area contributed by atoms with E-state index < -0.39 is 0 Å². The Kier molecular flexibility index (Phi) is 3.65. The van der Waals surface area contributed by atoms with E-state index in [1.807, 2.05) is 30.3 Å². The van der Waals surface area contributed by atoms with Gasteiger partial charge in [-0.2, -0.15) is 0 Å². The molecule has 2 rings (SSSR count). The van der Waals surface area contributed by atoms with Gasteiger partial charge in [-0.1, -0.05) is 32.9 Å². The largest absolute Gasteiger partial charge is 0.506 e. The summed E-state index contributed by atoms with van der Waals surface area (Å²) in [5, 5.41) is 9.84. The Labute approximate surface area is 113 Å². The minimum absolute atomic E-state index is 0.0307. The maximum absolute atomic E-state index is 9.84. The number of phenols is 1. The van der Waals surface area contributed by atoms with Crippen LogP contribution in [0.2, 0.25) is 0 Å². The van der Waals surface area contributed by atoms with E-state index in [-0.39, 0.29) is 11.2 Å². The van der Waals surface area contributed by atoms with Gasteiger partial charge in [0.2, 0.25) is 0 Å². The zero-order valence-electron chi connectivity index (χ0n) is 11.5. The van der Waals surface area contributed by atoms with Crippen LogP contribution in [0.15, 0.2) is 47.6 Å². The van der Waals surface area contributed by atoms with Crippen LogP contribution in [0.4, 0.5) is 5.69 Å². The summed E-state index contributed by atoms with van der Waals surface area (Å²) in [6.07, 6.45) is 3.37. The van der Waals surface area contributed by atoms with Gasteiger partial charge in [-0.15, -0.1) is 0 Å². The molecule has 3 nitrogen and oxygen atoms in total. The summed E-state index contributed by atoms with van der Waals surface area (Å²) in [6.45, 7) is 6.39. The number of rotatable bonds is 2. The third-order valence-electron chi connectivity index (χ3n) is 2.87. The second kappa shape index (κ2) is 5.22. The van der Waals surface area contributed by atoms with Crippen molar-refractivity contribution >= 4 is 11.9 Å². The van der Waals surface area contributed by atoms with Gasteiger partial charge in [0.25, 0.3) is 0 Å². The molecule has 0 fully saturated rings. The molecule has 0 atom stereocenters. The zero-order valence-corrected chi connectivity index (χ0v) is 11.5. The number of aromatic hydroxyl groups is 1. The standard InChI is InChI=1S/C16H18N2O/c1-16(2,3)12-7-8-15(19)14(10-12)18-11-13-6-4-5-9-17-13/h4-11,19H,1-3H3/b18-11+. The van der Waals surface area contributed by atoms with E-state index in [4.69, 9.17) is 0 Å². The minimum atomic E-state index is 0.0307. The van der Waals surface area contributed by atoms with Gasteiger partial charge in [-0.3, -0.25) is 9.98 Å². The molecule has 0 saturated carbocycles. The van der Waals surface area contributed by atoms with Gasteiger partial charge in [0.05, 0.1) is 11.9 Å². The van der Waals surface area contributed by atoms with Crippen LogP contribution in [-0.4, -0.2) is 16.3 Å². The van der Waals surface area contributed by atoms with Crippen LogP contribution in [0.1, 0.15) is 32.0 Å². The predicted octanol–water partition coefficient (Wildman–Crippen LogP) is 3.84. The Morgan fingerprint density at radius 2 is 1.95 bits per heavy atom. The number of aliphatic imine (C=N–C) groups is 1. The molecular weight excluding hydrogens is 236 g/mol. The van der Waals surface area contributed by atoms with E-state index in [0.29, 0.717) is 5.69 Å². The number of hydrogen-bond donors (Lipinski definition) is 1. The van der Waals surface area contributed by atoms with Crippen molar-refractivity contribution in [3.05, 3.63) is 53.9 Å². The molecule has 19 heavy (non-hydrogen) atoms. The lowest BCUT2D eigenvalue weighted by Crippen LogP contribution is -2.10. The topological polar surface area (TPSA) is 45.5 Å². The van der Waals surface area contributed by atoms with Crippen LogP contribution in [0, 0.1) is 0 Å². The first kappa shape index (κ1) is 13.3. The molecule has 1 heterocycles. The molecule has 0 aliphatic carbocycles. The molecule has 0 bridgehead atoms. The molecule has 1 N–H and O–H groups in total. The zero-order chi connectivity index (χ0) is 13.9. The van der Waals surface area contributed by atoms with E-state index in [1.165, 1.54) is 0 Å². The summed E-state index contributed by atoms with van der Waals surface area (Å²) in [5.41, 5.74) is 2.50. The van der Waals surface area contributed by atoms with Crippen LogP contribution in [0.3, 0.4) is 0 Å². The van der Waals surface area contributed by atoms with Crippen LogP contribution < -0.4 is 0 Å².